The minimum absolute atomic E-state index is 0. The van der Waals surface area contributed by atoms with E-state index in [0.29, 0.717) is 12.6 Å². The molecule has 1 saturated carbocycles. The van der Waals surface area contributed by atoms with Gasteiger partial charge in [0.1, 0.15) is 0 Å². The molecule has 0 aromatic heterocycles. The van der Waals surface area contributed by atoms with E-state index in [0.717, 1.165) is 25.5 Å². The number of ether oxygens (including phenoxy) is 2. The summed E-state index contributed by atoms with van der Waals surface area (Å²) in [6, 6.07) is 0.371. The lowest BCUT2D eigenvalue weighted by molar-refractivity contribution is -0.176. The SMILES string of the molecule is CCOCCNC(=NC)NC1CC(C)(OC)C1(C)C.I. The Hall–Kier alpha value is -0.0800. The fourth-order valence-corrected chi connectivity index (χ4v) is 2.47. The van der Waals surface area contributed by atoms with Crippen LogP contribution in [0.2, 0.25) is 0 Å². The first-order valence-corrected chi connectivity index (χ1v) is 7.01. The summed E-state index contributed by atoms with van der Waals surface area (Å²) in [7, 11) is 3.57. The van der Waals surface area contributed by atoms with Crippen molar-refractivity contribution in [1.29, 1.82) is 0 Å². The number of halogens is 1. The number of methoxy groups -OCH3 is 1. The molecule has 0 aromatic rings. The zero-order chi connectivity index (χ0) is 14.5. The summed E-state index contributed by atoms with van der Waals surface area (Å²) in [5, 5.41) is 6.72. The molecule has 0 heterocycles. The van der Waals surface area contributed by atoms with Crippen LogP contribution >= 0.6 is 24.0 Å². The fraction of sp³-hybridized carbons (Fsp3) is 0.929. The lowest BCUT2D eigenvalue weighted by atomic mass is 9.56. The summed E-state index contributed by atoms with van der Waals surface area (Å²) in [5.41, 5.74) is 0.0220. The average Bonchev–Trinajstić information content (AvgIpc) is 2.40. The van der Waals surface area contributed by atoms with E-state index in [4.69, 9.17) is 9.47 Å². The lowest BCUT2D eigenvalue weighted by Gasteiger charge is -2.59. The Labute approximate surface area is 140 Å². The van der Waals surface area contributed by atoms with Gasteiger partial charge in [-0.3, -0.25) is 4.99 Å². The molecule has 5 nitrogen and oxygen atoms in total. The van der Waals surface area contributed by atoms with Gasteiger partial charge in [0.15, 0.2) is 5.96 Å². The van der Waals surface area contributed by atoms with E-state index in [1.54, 1.807) is 14.2 Å². The van der Waals surface area contributed by atoms with Crippen molar-refractivity contribution in [2.75, 3.05) is 33.9 Å². The first-order chi connectivity index (χ1) is 8.91. The zero-order valence-electron chi connectivity index (χ0n) is 13.6. The van der Waals surface area contributed by atoms with Gasteiger partial charge in [-0.1, -0.05) is 13.8 Å². The molecule has 20 heavy (non-hydrogen) atoms. The number of aliphatic imine (C=N–C) groups is 1. The largest absolute Gasteiger partial charge is 0.380 e. The van der Waals surface area contributed by atoms with Crippen LogP contribution in [0.15, 0.2) is 4.99 Å². The fourth-order valence-electron chi connectivity index (χ4n) is 2.47. The van der Waals surface area contributed by atoms with Crippen molar-refractivity contribution < 1.29 is 9.47 Å². The number of hydrogen-bond donors (Lipinski definition) is 2. The Kier molecular flexibility index (Phi) is 8.35. The normalized spacial score (nSPS) is 28.3. The van der Waals surface area contributed by atoms with Crippen LogP contribution in [-0.2, 0) is 9.47 Å². The second-order valence-electron chi connectivity index (χ2n) is 5.75. The lowest BCUT2D eigenvalue weighted by Crippen LogP contribution is -2.69. The quantitative estimate of drug-likeness (QED) is 0.311. The second kappa shape index (κ2) is 8.38. The van der Waals surface area contributed by atoms with Crippen molar-refractivity contribution in [1.82, 2.24) is 10.6 Å². The van der Waals surface area contributed by atoms with Crippen LogP contribution in [0.3, 0.4) is 0 Å². The first kappa shape index (κ1) is 19.9. The topological polar surface area (TPSA) is 54.9 Å². The maximum Gasteiger partial charge on any atom is 0.191 e. The van der Waals surface area contributed by atoms with Gasteiger partial charge in [-0.05, 0) is 20.3 Å². The Bertz CT molecular complexity index is 324. The van der Waals surface area contributed by atoms with Crippen LogP contribution in [0.5, 0.6) is 0 Å². The van der Waals surface area contributed by atoms with Crippen LogP contribution in [0, 0.1) is 5.41 Å². The molecule has 2 N–H and O–H groups in total. The van der Waals surface area contributed by atoms with E-state index < -0.39 is 0 Å². The highest BCUT2D eigenvalue weighted by Gasteiger charge is 2.57. The minimum Gasteiger partial charge on any atom is -0.380 e. The number of rotatable bonds is 6. The Balaban J connectivity index is 0.00000361. The van der Waals surface area contributed by atoms with Crippen molar-refractivity contribution in [3.63, 3.8) is 0 Å². The second-order valence-corrected chi connectivity index (χ2v) is 5.75. The molecule has 0 bridgehead atoms. The maximum atomic E-state index is 5.63. The molecule has 0 radical (unpaired) electrons. The van der Waals surface area contributed by atoms with Crippen LogP contribution in [0.1, 0.15) is 34.1 Å². The maximum absolute atomic E-state index is 5.63. The van der Waals surface area contributed by atoms with E-state index in [-0.39, 0.29) is 35.0 Å². The highest BCUT2D eigenvalue weighted by Crippen LogP contribution is 2.51. The van der Waals surface area contributed by atoms with Crippen molar-refractivity contribution in [3.05, 3.63) is 0 Å². The molecule has 6 heteroatoms. The van der Waals surface area contributed by atoms with E-state index in [2.05, 4.69) is 36.4 Å². The molecule has 2 atom stereocenters. The Morgan fingerprint density at radius 3 is 2.45 bits per heavy atom. The third-order valence-corrected chi connectivity index (χ3v) is 4.56. The van der Waals surface area contributed by atoms with Gasteiger partial charge in [0, 0.05) is 38.8 Å². The molecule has 120 valence electrons. The summed E-state index contributed by atoms with van der Waals surface area (Å²) in [6.45, 7) is 10.8. The van der Waals surface area contributed by atoms with Crippen LogP contribution in [0.25, 0.3) is 0 Å². The molecule has 0 saturated heterocycles. The summed E-state index contributed by atoms with van der Waals surface area (Å²) in [5.74, 6) is 0.830. The molecule has 1 rings (SSSR count). The summed E-state index contributed by atoms with van der Waals surface area (Å²) < 4.78 is 10.9. The molecule has 1 fully saturated rings. The number of hydrogen-bond acceptors (Lipinski definition) is 3. The van der Waals surface area contributed by atoms with E-state index in [1.165, 1.54) is 0 Å². The van der Waals surface area contributed by atoms with Crippen LogP contribution < -0.4 is 10.6 Å². The molecular weight excluding hydrogens is 369 g/mol. The smallest absolute Gasteiger partial charge is 0.191 e. The molecule has 0 amide bonds. The highest BCUT2D eigenvalue weighted by atomic mass is 127. The van der Waals surface area contributed by atoms with Gasteiger partial charge in [-0.25, -0.2) is 0 Å². The van der Waals surface area contributed by atoms with Gasteiger partial charge in [-0.15, -0.1) is 24.0 Å². The highest BCUT2D eigenvalue weighted by molar-refractivity contribution is 14.0. The van der Waals surface area contributed by atoms with Gasteiger partial charge in [0.2, 0.25) is 0 Å². The van der Waals surface area contributed by atoms with E-state index in [9.17, 15) is 0 Å². The monoisotopic (exact) mass is 399 g/mol. The third kappa shape index (κ3) is 4.21. The van der Waals surface area contributed by atoms with Gasteiger partial charge < -0.3 is 20.1 Å². The summed E-state index contributed by atoms with van der Waals surface area (Å²) in [6.07, 6.45) is 0.989. The summed E-state index contributed by atoms with van der Waals surface area (Å²) in [4.78, 5) is 4.24. The molecule has 2 unspecified atom stereocenters. The molecule has 1 aliphatic carbocycles. The zero-order valence-corrected chi connectivity index (χ0v) is 15.9. The molecule has 0 aromatic carbocycles. The van der Waals surface area contributed by atoms with Gasteiger partial charge in [0.25, 0.3) is 0 Å². The average molecular weight is 399 g/mol. The summed E-state index contributed by atoms with van der Waals surface area (Å²) >= 11 is 0. The molecule has 0 aliphatic heterocycles. The van der Waals surface area contributed by atoms with Crippen molar-refractivity contribution >= 4 is 29.9 Å². The van der Waals surface area contributed by atoms with Crippen molar-refractivity contribution in [2.45, 2.75) is 45.8 Å². The standard InChI is InChI=1S/C14H29N3O2.HI/c1-7-19-9-8-16-12(15-5)17-11-10-14(4,18-6)13(11,2)3;/h11H,7-10H2,1-6H3,(H2,15,16,17);1H. The molecule has 1 aliphatic rings. The number of nitrogens with one attached hydrogen (secondary N) is 2. The predicted octanol–water partition coefficient (Wildman–Crippen LogP) is 2.01. The van der Waals surface area contributed by atoms with E-state index in [1.807, 2.05) is 6.92 Å². The number of nitrogens with zero attached hydrogens (tertiary/aromatic N) is 1. The molecular formula is C14H30IN3O2. The van der Waals surface area contributed by atoms with Crippen LogP contribution in [0.4, 0.5) is 0 Å². The Morgan fingerprint density at radius 1 is 1.35 bits per heavy atom. The van der Waals surface area contributed by atoms with Crippen LogP contribution in [-0.4, -0.2) is 51.5 Å². The number of guanidine groups is 1. The first-order valence-electron chi connectivity index (χ1n) is 7.01. The van der Waals surface area contributed by atoms with Crippen molar-refractivity contribution in [3.8, 4) is 0 Å². The van der Waals surface area contributed by atoms with Gasteiger partial charge >= 0.3 is 0 Å². The minimum atomic E-state index is -0.0607. The van der Waals surface area contributed by atoms with Gasteiger partial charge in [0.05, 0.1) is 12.2 Å². The van der Waals surface area contributed by atoms with Gasteiger partial charge in [-0.2, -0.15) is 0 Å². The third-order valence-electron chi connectivity index (χ3n) is 4.56. The van der Waals surface area contributed by atoms with E-state index >= 15 is 0 Å². The predicted molar refractivity (Wildman–Crippen MR) is 94.0 cm³/mol. The Morgan fingerprint density at radius 2 is 2.00 bits per heavy atom. The molecule has 0 spiro atoms. The van der Waals surface area contributed by atoms with Crippen molar-refractivity contribution in [2.24, 2.45) is 10.4 Å².